The maximum Gasteiger partial charge on any atom is 0.173 e. The van der Waals surface area contributed by atoms with Gasteiger partial charge in [-0.2, -0.15) is 5.26 Å². The van der Waals surface area contributed by atoms with Crippen LogP contribution in [-0.2, 0) is 4.79 Å². The predicted octanol–water partition coefficient (Wildman–Crippen LogP) is 5.50. The molecule has 6 heteroatoms. The van der Waals surface area contributed by atoms with E-state index in [1.54, 1.807) is 0 Å². The Morgan fingerprint density at radius 3 is 2.47 bits per heavy atom. The van der Waals surface area contributed by atoms with E-state index in [0.717, 1.165) is 16.9 Å². The number of aromatic nitrogens is 2. The fraction of sp³-hybridized carbons (Fsp3) is 0.250. The van der Waals surface area contributed by atoms with Crippen LogP contribution in [0.25, 0.3) is 16.9 Å². The number of para-hydroxylation sites is 1. The summed E-state index contributed by atoms with van der Waals surface area (Å²) in [6, 6.07) is 20.1. The molecule has 0 fully saturated rings. The highest BCUT2D eigenvalue weighted by Gasteiger charge is 2.23. The number of benzene rings is 2. The second-order valence-corrected chi connectivity index (χ2v) is 8.28. The molecule has 1 aromatic heterocycles. The number of imidazole rings is 1. The quantitative estimate of drug-likeness (QED) is 0.388. The van der Waals surface area contributed by atoms with Gasteiger partial charge in [0.2, 0.25) is 0 Å². The summed E-state index contributed by atoms with van der Waals surface area (Å²) in [7, 11) is 0. The molecule has 30 heavy (non-hydrogen) atoms. The Bertz CT molecular complexity index is 1100. The van der Waals surface area contributed by atoms with Crippen LogP contribution in [0.2, 0.25) is 0 Å². The first kappa shape index (κ1) is 21.5. The summed E-state index contributed by atoms with van der Waals surface area (Å²) in [6.45, 7) is 5.79. The Labute approximate surface area is 181 Å². The molecule has 0 aliphatic rings. The van der Waals surface area contributed by atoms with Gasteiger partial charge in [-0.15, -0.1) is 0 Å². The zero-order valence-electron chi connectivity index (χ0n) is 17.3. The van der Waals surface area contributed by atoms with Gasteiger partial charge in [-0.1, -0.05) is 74.1 Å². The van der Waals surface area contributed by atoms with Crippen molar-refractivity contribution >= 4 is 23.3 Å². The molecule has 0 saturated carbocycles. The zero-order chi connectivity index (χ0) is 21.7. The fourth-order valence-electron chi connectivity index (χ4n) is 3.29. The molecular formula is C24H24N4OS. The van der Waals surface area contributed by atoms with Crippen molar-refractivity contribution < 1.29 is 4.79 Å². The van der Waals surface area contributed by atoms with Crippen molar-refractivity contribution in [2.75, 3.05) is 5.75 Å². The number of hydrogen-bond donors (Lipinski definition) is 1. The summed E-state index contributed by atoms with van der Waals surface area (Å²) < 4.78 is 2.08. The molecule has 0 saturated heterocycles. The monoisotopic (exact) mass is 416 g/mol. The molecule has 0 radical (unpaired) electrons. The highest BCUT2D eigenvalue weighted by atomic mass is 32.2. The lowest BCUT2D eigenvalue weighted by Crippen LogP contribution is -2.21. The summed E-state index contributed by atoms with van der Waals surface area (Å²) >= 11 is 1.30. The van der Waals surface area contributed by atoms with E-state index in [2.05, 4.69) is 35.5 Å². The van der Waals surface area contributed by atoms with Gasteiger partial charge in [-0.25, -0.2) is 4.98 Å². The lowest BCUT2D eigenvalue weighted by molar-refractivity contribution is -0.117. The second-order valence-electron chi connectivity index (χ2n) is 7.34. The molecule has 0 spiro atoms. The van der Waals surface area contributed by atoms with Crippen molar-refractivity contribution in [3.8, 4) is 23.0 Å². The summed E-state index contributed by atoms with van der Waals surface area (Å²) in [5, 5.41) is 17.6. The summed E-state index contributed by atoms with van der Waals surface area (Å²) in [5.41, 5.74) is 4.26. The summed E-state index contributed by atoms with van der Waals surface area (Å²) in [5.74, 6) is -0.876. The molecule has 0 aliphatic carbocycles. The number of nitriles is 1. The number of nitrogens with zero attached hydrogens (tertiary/aromatic N) is 3. The van der Waals surface area contributed by atoms with E-state index in [4.69, 9.17) is 5.41 Å². The number of ketones is 1. The number of carbonyl (C=O) groups is 1. The number of Topliss-reactive ketones (excluding diaryl/α,β-unsaturated/α-hetero) is 1. The lowest BCUT2D eigenvalue weighted by atomic mass is 10.0. The molecule has 152 valence electrons. The normalized spacial score (nSPS) is 11.8. The molecular weight excluding hydrogens is 392 g/mol. The SMILES string of the molecule is CC(=N)[C@H](C#N)C(=O)CSc1ncc(-c2ccccc2)n1-c1ccccc1C(C)C. The first-order chi connectivity index (χ1) is 14.4. The summed E-state index contributed by atoms with van der Waals surface area (Å²) in [4.78, 5) is 17.1. The van der Waals surface area contributed by atoms with Crippen LogP contribution in [0.3, 0.4) is 0 Å². The van der Waals surface area contributed by atoms with E-state index in [1.807, 2.05) is 54.7 Å². The van der Waals surface area contributed by atoms with Crippen LogP contribution in [0.5, 0.6) is 0 Å². The van der Waals surface area contributed by atoms with Gasteiger partial charge in [0.15, 0.2) is 10.9 Å². The number of nitrogens with one attached hydrogen (secondary N) is 1. The topological polar surface area (TPSA) is 82.5 Å². The molecule has 1 N–H and O–H groups in total. The van der Waals surface area contributed by atoms with Crippen molar-refractivity contribution in [1.29, 1.82) is 10.7 Å². The van der Waals surface area contributed by atoms with Crippen LogP contribution in [0.1, 0.15) is 32.3 Å². The Morgan fingerprint density at radius 2 is 1.83 bits per heavy atom. The predicted molar refractivity (Wildman–Crippen MR) is 121 cm³/mol. The minimum atomic E-state index is -1.00. The van der Waals surface area contributed by atoms with Gasteiger partial charge < -0.3 is 5.41 Å². The van der Waals surface area contributed by atoms with Crippen LogP contribution >= 0.6 is 11.8 Å². The molecule has 2 aromatic carbocycles. The summed E-state index contributed by atoms with van der Waals surface area (Å²) in [6.07, 6.45) is 1.82. The van der Waals surface area contributed by atoms with Gasteiger partial charge in [0, 0.05) is 11.3 Å². The van der Waals surface area contributed by atoms with Gasteiger partial charge in [0.25, 0.3) is 0 Å². The van der Waals surface area contributed by atoms with Crippen molar-refractivity contribution in [3.63, 3.8) is 0 Å². The number of carbonyl (C=O) groups excluding carboxylic acids is 1. The van der Waals surface area contributed by atoms with E-state index in [9.17, 15) is 10.1 Å². The molecule has 1 heterocycles. The average Bonchev–Trinajstić information content (AvgIpc) is 3.17. The Hall–Kier alpha value is -3.17. The molecule has 0 bridgehead atoms. The van der Waals surface area contributed by atoms with Crippen molar-refractivity contribution in [2.24, 2.45) is 5.92 Å². The van der Waals surface area contributed by atoms with Crippen LogP contribution in [-0.4, -0.2) is 26.8 Å². The Balaban J connectivity index is 2.06. The van der Waals surface area contributed by atoms with Crippen molar-refractivity contribution in [1.82, 2.24) is 9.55 Å². The van der Waals surface area contributed by atoms with Crippen LogP contribution in [0, 0.1) is 22.7 Å². The number of hydrogen-bond acceptors (Lipinski definition) is 5. The molecule has 3 rings (SSSR count). The fourth-order valence-corrected chi connectivity index (χ4v) is 4.18. The third kappa shape index (κ3) is 4.52. The van der Waals surface area contributed by atoms with Crippen LogP contribution < -0.4 is 0 Å². The maximum absolute atomic E-state index is 12.5. The Morgan fingerprint density at radius 1 is 1.17 bits per heavy atom. The van der Waals surface area contributed by atoms with E-state index < -0.39 is 5.92 Å². The van der Waals surface area contributed by atoms with Gasteiger partial charge in [0.1, 0.15) is 5.92 Å². The largest absolute Gasteiger partial charge is 0.308 e. The first-order valence-electron chi connectivity index (χ1n) is 9.76. The van der Waals surface area contributed by atoms with Gasteiger partial charge in [-0.05, 0) is 24.5 Å². The number of rotatable bonds is 8. The third-order valence-corrected chi connectivity index (χ3v) is 5.80. The lowest BCUT2D eigenvalue weighted by Gasteiger charge is -2.18. The highest BCUT2D eigenvalue weighted by Crippen LogP contribution is 2.33. The highest BCUT2D eigenvalue weighted by molar-refractivity contribution is 7.99. The zero-order valence-corrected chi connectivity index (χ0v) is 18.1. The van der Waals surface area contributed by atoms with E-state index >= 15 is 0 Å². The molecule has 3 aromatic rings. The standard InChI is InChI=1S/C24H24N4OS/c1-16(2)19-11-7-8-12-21(19)28-22(18-9-5-4-6-10-18)14-27-24(28)30-15-23(29)20(13-25)17(3)26/h4-12,14,16,20,26H,15H2,1-3H3/t20-/m0/s1. The maximum atomic E-state index is 12.5. The third-order valence-electron chi connectivity index (χ3n) is 4.83. The first-order valence-corrected chi connectivity index (χ1v) is 10.7. The Kier molecular flexibility index (Phi) is 6.86. The van der Waals surface area contributed by atoms with Crippen molar-refractivity contribution in [2.45, 2.75) is 31.8 Å². The second kappa shape index (κ2) is 9.55. The smallest absolute Gasteiger partial charge is 0.173 e. The van der Waals surface area contributed by atoms with Gasteiger partial charge >= 0.3 is 0 Å². The van der Waals surface area contributed by atoms with Crippen LogP contribution in [0.15, 0.2) is 66.0 Å². The van der Waals surface area contributed by atoms with E-state index in [0.29, 0.717) is 11.1 Å². The molecule has 0 aliphatic heterocycles. The van der Waals surface area contributed by atoms with Crippen molar-refractivity contribution in [3.05, 3.63) is 66.4 Å². The van der Waals surface area contributed by atoms with E-state index in [1.165, 1.54) is 24.2 Å². The van der Waals surface area contributed by atoms with E-state index in [-0.39, 0.29) is 17.2 Å². The minimum absolute atomic E-state index is 0.0709. The minimum Gasteiger partial charge on any atom is -0.308 e. The molecule has 0 unspecified atom stereocenters. The van der Waals surface area contributed by atoms with Gasteiger partial charge in [-0.3, -0.25) is 9.36 Å². The van der Waals surface area contributed by atoms with Gasteiger partial charge in [0.05, 0.1) is 29.4 Å². The number of thioether (sulfide) groups is 1. The average molecular weight is 417 g/mol. The molecule has 0 amide bonds. The van der Waals surface area contributed by atoms with Crippen LogP contribution in [0.4, 0.5) is 0 Å². The molecule has 5 nitrogen and oxygen atoms in total. The molecule has 1 atom stereocenters.